The number of rotatable bonds is 4. The molecule has 24 heavy (non-hydrogen) atoms. The molecule has 128 valence electrons. The first-order valence-electron chi connectivity index (χ1n) is 8.04. The molecule has 0 bridgehead atoms. The number of nitrogens with zero attached hydrogens (tertiary/aromatic N) is 1. The van der Waals surface area contributed by atoms with Crippen LogP contribution in [0.4, 0.5) is 4.79 Å². The van der Waals surface area contributed by atoms with Gasteiger partial charge in [0.25, 0.3) is 11.1 Å². The van der Waals surface area contributed by atoms with Crippen LogP contribution in [0.25, 0.3) is 0 Å². The zero-order chi connectivity index (χ0) is 17.1. The summed E-state index contributed by atoms with van der Waals surface area (Å²) in [5.74, 6) is 0.450. The Labute approximate surface area is 144 Å². The van der Waals surface area contributed by atoms with Crippen LogP contribution in [0, 0.1) is 0 Å². The van der Waals surface area contributed by atoms with Crippen molar-refractivity contribution in [1.29, 1.82) is 0 Å². The van der Waals surface area contributed by atoms with Crippen LogP contribution in [0.3, 0.4) is 0 Å². The third kappa shape index (κ3) is 3.40. The van der Waals surface area contributed by atoms with Gasteiger partial charge in [0, 0.05) is 5.56 Å². The second kappa shape index (κ2) is 7.25. The Balaban J connectivity index is 1.75. The first-order valence-corrected chi connectivity index (χ1v) is 9.02. The van der Waals surface area contributed by atoms with Gasteiger partial charge in [0.05, 0.1) is 24.9 Å². The number of imide groups is 1. The zero-order valence-electron chi connectivity index (χ0n) is 13.5. The molecule has 2 aliphatic rings. The van der Waals surface area contributed by atoms with E-state index < -0.39 is 0 Å². The minimum absolute atomic E-state index is 0.155. The van der Waals surface area contributed by atoms with E-state index in [2.05, 4.69) is 5.32 Å². The van der Waals surface area contributed by atoms with Crippen molar-refractivity contribution in [1.82, 2.24) is 10.2 Å². The van der Waals surface area contributed by atoms with Crippen molar-refractivity contribution in [2.75, 3.05) is 12.9 Å². The van der Waals surface area contributed by atoms with Crippen LogP contribution in [0.15, 0.2) is 24.3 Å². The quantitative estimate of drug-likeness (QED) is 0.904. The number of amides is 3. The molecule has 7 heteroatoms. The second-order valence-electron chi connectivity index (χ2n) is 5.98. The molecule has 2 fully saturated rings. The Kier molecular flexibility index (Phi) is 5.08. The summed E-state index contributed by atoms with van der Waals surface area (Å²) in [6.07, 6.45) is 3.43. The number of hydrogen-bond acceptors (Lipinski definition) is 5. The number of benzene rings is 1. The lowest BCUT2D eigenvalue weighted by atomic mass is 9.89. The minimum Gasteiger partial charge on any atom is -0.497 e. The molecule has 0 radical (unpaired) electrons. The molecule has 1 saturated heterocycles. The highest BCUT2D eigenvalue weighted by atomic mass is 32.2. The van der Waals surface area contributed by atoms with Crippen molar-refractivity contribution < 1.29 is 19.1 Å². The van der Waals surface area contributed by atoms with Gasteiger partial charge in [0.2, 0.25) is 5.91 Å². The van der Waals surface area contributed by atoms with Crippen molar-refractivity contribution in [3.05, 3.63) is 29.8 Å². The van der Waals surface area contributed by atoms with Crippen LogP contribution < -0.4 is 10.1 Å². The van der Waals surface area contributed by atoms with Gasteiger partial charge in [-0.15, -0.1) is 0 Å². The highest BCUT2D eigenvalue weighted by Gasteiger charge is 2.41. The van der Waals surface area contributed by atoms with Gasteiger partial charge >= 0.3 is 0 Å². The largest absolute Gasteiger partial charge is 0.497 e. The first kappa shape index (κ1) is 16.8. The Hall–Kier alpha value is -2.02. The Bertz CT molecular complexity index is 648. The molecule has 2 unspecified atom stereocenters. The van der Waals surface area contributed by atoms with Crippen molar-refractivity contribution in [3.63, 3.8) is 0 Å². The summed E-state index contributed by atoms with van der Waals surface area (Å²) in [7, 11) is 1.55. The predicted molar refractivity (Wildman–Crippen MR) is 91.2 cm³/mol. The summed E-state index contributed by atoms with van der Waals surface area (Å²) in [5, 5.41) is 2.80. The van der Waals surface area contributed by atoms with Gasteiger partial charge < -0.3 is 10.1 Å². The predicted octanol–water partition coefficient (Wildman–Crippen LogP) is 2.43. The maximum atomic E-state index is 12.5. The molecule has 1 saturated carbocycles. The van der Waals surface area contributed by atoms with E-state index in [1.165, 1.54) is 4.90 Å². The van der Waals surface area contributed by atoms with Crippen LogP contribution in [0.2, 0.25) is 0 Å². The molecule has 1 heterocycles. The van der Waals surface area contributed by atoms with Gasteiger partial charge in [-0.2, -0.15) is 0 Å². The minimum atomic E-state index is -0.247. The molecule has 6 nitrogen and oxygen atoms in total. The van der Waals surface area contributed by atoms with Gasteiger partial charge in [-0.3, -0.25) is 19.3 Å². The van der Waals surface area contributed by atoms with Crippen LogP contribution in [0.5, 0.6) is 5.75 Å². The second-order valence-corrected chi connectivity index (χ2v) is 6.91. The Morgan fingerprint density at radius 2 is 2.08 bits per heavy atom. The molecule has 3 amide bonds. The standard InChI is InChI=1S/C17H20N2O4S/c1-23-12-6-4-5-11(9-12)16(21)18-13-7-2-3-8-14(13)19-15(20)10-24-17(19)22/h4-6,9,13-14H,2-3,7-8,10H2,1H3,(H,18,21). The van der Waals surface area contributed by atoms with E-state index >= 15 is 0 Å². The van der Waals surface area contributed by atoms with E-state index in [1.807, 2.05) is 0 Å². The summed E-state index contributed by atoms with van der Waals surface area (Å²) in [4.78, 5) is 37.9. The maximum Gasteiger partial charge on any atom is 0.289 e. The average Bonchev–Trinajstić information content (AvgIpc) is 2.94. The van der Waals surface area contributed by atoms with Gasteiger partial charge in [0.1, 0.15) is 5.75 Å². The first-order chi connectivity index (χ1) is 11.6. The summed E-state index contributed by atoms with van der Waals surface area (Å²) in [5.41, 5.74) is 0.507. The van der Waals surface area contributed by atoms with Crippen LogP contribution in [-0.4, -0.2) is 46.9 Å². The Morgan fingerprint density at radius 3 is 2.79 bits per heavy atom. The molecule has 1 aromatic carbocycles. The molecule has 0 aromatic heterocycles. The van der Waals surface area contributed by atoms with Crippen LogP contribution in [-0.2, 0) is 4.79 Å². The molecule has 1 aliphatic carbocycles. The molecule has 1 N–H and O–H groups in total. The maximum absolute atomic E-state index is 12.5. The van der Waals surface area contributed by atoms with Gasteiger partial charge in [-0.1, -0.05) is 30.7 Å². The number of thioether (sulfide) groups is 1. The fourth-order valence-corrected chi connectivity index (χ4v) is 4.05. The molecule has 1 aliphatic heterocycles. The number of hydrogen-bond donors (Lipinski definition) is 1. The van der Waals surface area contributed by atoms with E-state index in [-0.39, 0.29) is 34.9 Å². The van der Waals surface area contributed by atoms with Crippen molar-refractivity contribution >= 4 is 28.8 Å². The lowest BCUT2D eigenvalue weighted by Gasteiger charge is -2.36. The lowest BCUT2D eigenvalue weighted by Crippen LogP contribution is -2.54. The van der Waals surface area contributed by atoms with Gasteiger partial charge in [0.15, 0.2) is 0 Å². The van der Waals surface area contributed by atoms with Gasteiger partial charge in [-0.05, 0) is 31.0 Å². The van der Waals surface area contributed by atoms with Crippen molar-refractivity contribution in [2.45, 2.75) is 37.8 Å². The smallest absolute Gasteiger partial charge is 0.289 e. The number of ether oxygens (including phenoxy) is 1. The summed E-state index contributed by atoms with van der Waals surface area (Å²) >= 11 is 1.04. The third-order valence-electron chi connectivity index (χ3n) is 4.49. The molecule has 2 atom stereocenters. The average molecular weight is 348 g/mol. The normalized spacial score (nSPS) is 24.1. The van der Waals surface area contributed by atoms with E-state index in [0.29, 0.717) is 11.3 Å². The number of carbonyl (C=O) groups is 3. The number of carbonyl (C=O) groups excluding carboxylic acids is 3. The lowest BCUT2D eigenvalue weighted by molar-refractivity contribution is -0.127. The Morgan fingerprint density at radius 1 is 1.29 bits per heavy atom. The molecule has 0 spiro atoms. The SMILES string of the molecule is COc1cccc(C(=O)NC2CCCCC2N2C(=O)CSC2=O)c1. The number of methoxy groups -OCH3 is 1. The zero-order valence-corrected chi connectivity index (χ0v) is 14.3. The fraction of sp³-hybridized carbons (Fsp3) is 0.471. The van der Waals surface area contributed by atoms with E-state index in [0.717, 1.165) is 37.4 Å². The summed E-state index contributed by atoms with van der Waals surface area (Å²) in [6, 6.07) is 6.48. The fourth-order valence-electron chi connectivity index (χ4n) is 3.29. The summed E-state index contributed by atoms with van der Waals surface area (Å²) < 4.78 is 5.15. The van der Waals surface area contributed by atoms with E-state index in [4.69, 9.17) is 4.74 Å². The molecular formula is C17H20N2O4S. The molecule has 3 rings (SSSR count). The topological polar surface area (TPSA) is 75.7 Å². The van der Waals surface area contributed by atoms with E-state index in [9.17, 15) is 14.4 Å². The molecule has 1 aromatic rings. The van der Waals surface area contributed by atoms with Crippen LogP contribution >= 0.6 is 11.8 Å². The third-order valence-corrected chi connectivity index (χ3v) is 5.33. The number of nitrogens with one attached hydrogen (secondary N) is 1. The van der Waals surface area contributed by atoms with Gasteiger partial charge in [-0.25, -0.2) is 0 Å². The van der Waals surface area contributed by atoms with Crippen molar-refractivity contribution in [3.8, 4) is 5.75 Å². The van der Waals surface area contributed by atoms with E-state index in [1.54, 1.807) is 31.4 Å². The highest BCUT2D eigenvalue weighted by Crippen LogP contribution is 2.30. The highest BCUT2D eigenvalue weighted by molar-refractivity contribution is 8.14. The van der Waals surface area contributed by atoms with Crippen LogP contribution in [0.1, 0.15) is 36.0 Å². The van der Waals surface area contributed by atoms with Crippen molar-refractivity contribution in [2.24, 2.45) is 0 Å². The summed E-state index contributed by atoms with van der Waals surface area (Å²) in [6.45, 7) is 0. The molecular weight excluding hydrogens is 328 g/mol. The monoisotopic (exact) mass is 348 g/mol.